The molecule has 0 saturated heterocycles. The molecule has 14 nitrogen and oxygen atoms in total. The average molecular weight is 450 g/mol. The van der Waals surface area contributed by atoms with Gasteiger partial charge in [-0.1, -0.05) is 0 Å². The Kier molecular flexibility index (Phi) is 9.33. The van der Waals surface area contributed by atoms with Gasteiger partial charge < -0.3 is 39.1 Å². The predicted molar refractivity (Wildman–Crippen MR) is 85.7 cm³/mol. The van der Waals surface area contributed by atoms with Gasteiger partial charge in [-0.05, 0) is 6.92 Å². The molecular weight excluding hydrogens is 428 g/mol. The van der Waals surface area contributed by atoms with Gasteiger partial charge in [-0.25, -0.2) is 0 Å². The van der Waals surface area contributed by atoms with Crippen LogP contribution in [0.5, 0.6) is 0 Å². The molecule has 0 aliphatic rings. The van der Waals surface area contributed by atoms with Crippen LogP contribution in [0.25, 0.3) is 0 Å². The molecule has 0 aromatic heterocycles. The van der Waals surface area contributed by atoms with Crippen LogP contribution in [0.4, 0.5) is 0 Å². The van der Waals surface area contributed by atoms with Gasteiger partial charge in [-0.15, -0.1) is 0 Å². The van der Waals surface area contributed by atoms with E-state index in [0.29, 0.717) is 9.80 Å². The van der Waals surface area contributed by atoms with Crippen molar-refractivity contribution in [2.75, 3.05) is 31.7 Å². The van der Waals surface area contributed by atoms with E-state index < -0.39 is 68.1 Å². The molecular formula is C7H22N2O12P4. The molecule has 0 heterocycles. The third-order valence-corrected chi connectivity index (χ3v) is 5.65. The van der Waals surface area contributed by atoms with Crippen LogP contribution < -0.4 is 0 Å². The maximum Gasteiger partial charge on any atom is 0.339 e. The molecule has 8 N–H and O–H groups in total. The minimum Gasteiger partial charge on any atom is -0.324 e. The monoisotopic (exact) mass is 450 g/mol. The number of hydrogen-bond acceptors (Lipinski definition) is 6. The molecule has 25 heavy (non-hydrogen) atoms. The Hall–Kier alpha value is 0.520. The van der Waals surface area contributed by atoms with Crippen molar-refractivity contribution in [3.05, 3.63) is 0 Å². The summed E-state index contributed by atoms with van der Waals surface area (Å²) in [4.78, 5) is 73.2. The van der Waals surface area contributed by atoms with E-state index in [2.05, 4.69) is 0 Å². The lowest BCUT2D eigenvalue weighted by Gasteiger charge is -2.33. The van der Waals surface area contributed by atoms with Crippen molar-refractivity contribution in [1.29, 1.82) is 0 Å². The molecule has 152 valence electrons. The van der Waals surface area contributed by atoms with E-state index in [9.17, 15) is 18.3 Å². The topological polar surface area (TPSA) is 237 Å². The smallest absolute Gasteiger partial charge is 0.324 e. The highest BCUT2D eigenvalue weighted by molar-refractivity contribution is 7.53. The Morgan fingerprint density at radius 2 is 0.920 bits per heavy atom. The van der Waals surface area contributed by atoms with E-state index in [1.54, 1.807) is 0 Å². The third-order valence-electron chi connectivity index (χ3n) is 2.65. The summed E-state index contributed by atoms with van der Waals surface area (Å²) >= 11 is 0. The van der Waals surface area contributed by atoms with Gasteiger partial charge in [-0.3, -0.25) is 28.1 Å². The first kappa shape index (κ1) is 25.5. The van der Waals surface area contributed by atoms with Crippen LogP contribution >= 0.6 is 30.4 Å². The number of rotatable bonds is 11. The maximum absolute atomic E-state index is 11.1. The Morgan fingerprint density at radius 1 is 0.640 bits per heavy atom. The van der Waals surface area contributed by atoms with Crippen LogP contribution in [0.2, 0.25) is 0 Å². The quantitative estimate of drug-likeness (QED) is 0.168. The first-order chi connectivity index (χ1) is 10.8. The fourth-order valence-corrected chi connectivity index (χ4v) is 5.46. The molecule has 0 bridgehead atoms. The second-order valence-electron chi connectivity index (χ2n) is 5.52. The van der Waals surface area contributed by atoms with Crippen LogP contribution in [0.1, 0.15) is 6.92 Å². The molecule has 0 rings (SSSR count). The largest absolute Gasteiger partial charge is 0.339 e. The molecule has 1 atom stereocenters. The van der Waals surface area contributed by atoms with E-state index in [-0.39, 0.29) is 0 Å². The summed E-state index contributed by atoms with van der Waals surface area (Å²) in [5.74, 6) is 0. The fourth-order valence-electron chi connectivity index (χ4n) is 1.97. The van der Waals surface area contributed by atoms with Crippen molar-refractivity contribution in [3.63, 3.8) is 0 Å². The molecule has 0 aliphatic heterocycles. The van der Waals surface area contributed by atoms with Crippen molar-refractivity contribution in [3.8, 4) is 0 Å². The fraction of sp³-hybridized carbons (Fsp3) is 1.00. The molecule has 0 amide bonds. The number of nitrogens with zero attached hydrogens (tertiary/aromatic N) is 2. The SMILES string of the molecule is CC(CN(CP(=O)(O)O)CP(=O)(O)O)N(CP(=O)(O)O)CP(=O)(O)O. The maximum atomic E-state index is 11.1. The van der Waals surface area contributed by atoms with Gasteiger partial charge in [0.15, 0.2) is 0 Å². The first-order valence-electron chi connectivity index (χ1n) is 6.42. The normalized spacial score (nSPS) is 15.8. The summed E-state index contributed by atoms with van der Waals surface area (Å²) in [6.45, 7) is 0.716. The molecule has 0 fully saturated rings. The van der Waals surface area contributed by atoms with Gasteiger partial charge in [0.05, 0.1) is 0 Å². The minimum atomic E-state index is -4.73. The third kappa shape index (κ3) is 15.3. The summed E-state index contributed by atoms with van der Waals surface area (Å²) in [6, 6.07) is -1.10. The van der Waals surface area contributed by atoms with Crippen molar-refractivity contribution in [2.45, 2.75) is 13.0 Å². The second-order valence-corrected chi connectivity index (χ2v) is 12.0. The molecule has 0 aromatic carbocycles. The summed E-state index contributed by atoms with van der Waals surface area (Å²) in [5, 5.41) is 0. The van der Waals surface area contributed by atoms with E-state index in [1.807, 2.05) is 0 Å². The molecule has 1 unspecified atom stereocenters. The van der Waals surface area contributed by atoms with E-state index in [4.69, 9.17) is 39.1 Å². The minimum absolute atomic E-state index is 0.518. The lowest BCUT2D eigenvalue weighted by atomic mass is 10.3. The predicted octanol–water partition coefficient (Wildman–Crippen LogP) is -1.48. The Bertz CT molecular complexity index is 569. The zero-order valence-electron chi connectivity index (χ0n) is 13.0. The average Bonchev–Trinajstić information content (AvgIpc) is 2.18. The van der Waals surface area contributed by atoms with E-state index in [0.717, 1.165) is 0 Å². The van der Waals surface area contributed by atoms with Crippen LogP contribution in [-0.4, -0.2) is 86.7 Å². The zero-order valence-corrected chi connectivity index (χ0v) is 16.6. The lowest BCUT2D eigenvalue weighted by molar-refractivity contribution is 0.177. The van der Waals surface area contributed by atoms with Crippen molar-refractivity contribution in [2.24, 2.45) is 0 Å². The van der Waals surface area contributed by atoms with Gasteiger partial charge in [0.2, 0.25) is 0 Å². The zero-order chi connectivity index (χ0) is 20.3. The first-order valence-corrected chi connectivity index (χ1v) is 13.6. The second kappa shape index (κ2) is 9.14. The summed E-state index contributed by atoms with van der Waals surface area (Å²) < 4.78 is 44.4. The standard InChI is InChI=1S/C7H22N2O12P4/c1-7(9(5-24(16,17)18)6-25(19,20)21)2-8(3-22(10,11)12)4-23(13,14)15/h7H,2-6H2,1H3,(H2,10,11,12)(H2,13,14,15)(H2,16,17,18)(H2,19,20,21). The van der Waals surface area contributed by atoms with E-state index >= 15 is 0 Å². The highest BCUT2D eigenvalue weighted by Crippen LogP contribution is 2.43. The van der Waals surface area contributed by atoms with Gasteiger partial charge in [-0.2, -0.15) is 0 Å². The molecule has 18 heteroatoms. The highest BCUT2D eigenvalue weighted by atomic mass is 31.2. The van der Waals surface area contributed by atoms with Gasteiger partial charge in [0, 0.05) is 12.6 Å². The van der Waals surface area contributed by atoms with Gasteiger partial charge in [0.25, 0.3) is 0 Å². The molecule has 0 radical (unpaired) electrons. The molecule has 0 saturated carbocycles. The summed E-state index contributed by atoms with van der Waals surface area (Å²) in [7, 11) is -18.9. The van der Waals surface area contributed by atoms with Crippen molar-refractivity contribution < 1.29 is 57.4 Å². The number of hydrogen-bond donors (Lipinski definition) is 8. The summed E-state index contributed by atoms with van der Waals surface area (Å²) in [6.07, 6.45) is -4.22. The highest BCUT2D eigenvalue weighted by Gasteiger charge is 2.32. The molecule has 0 aromatic rings. The van der Waals surface area contributed by atoms with E-state index in [1.165, 1.54) is 6.92 Å². The van der Waals surface area contributed by atoms with Crippen molar-refractivity contribution >= 4 is 30.4 Å². The van der Waals surface area contributed by atoms with Gasteiger partial charge in [0.1, 0.15) is 25.1 Å². The van der Waals surface area contributed by atoms with Crippen LogP contribution in [0, 0.1) is 0 Å². The van der Waals surface area contributed by atoms with Gasteiger partial charge >= 0.3 is 30.4 Å². The molecule has 0 spiro atoms. The van der Waals surface area contributed by atoms with Crippen molar-refractivity contribution in [1.82, 2.24) is 9.80 Å². The Balaban J connectivity index is 5.37. The molecule has 0 aliphatic carbocycles. The Morgan fingerprint density at radius 3 is 1.16 bits per heavy atom. The van der Waals surface area contributed by atoms with Crippen LogP contribution in [0.3, 0.4) is 0 Å². The lowest BCUT2D eigenvalue weighted by Crippen LogP contribution is -2.43. The Labute approximate surface area is 143 Å². The van der Waals surface area contributed by atoms with Crippen LogP contribution in [0.15, 0.2) is 0 Å². The summed E-state index contributed by atoms with van der Waals surface area (Å²) in [5.41, 5.74) is 0. The van der Waals surface area contributed by atoms with Crippen LogP contribution in [-0.2, 0) is 18.3 Å².